The van der Waals surface area contributed by atoms with E-state index in [0.29, 0.717) is 30.8 Å². The molecule has 1 heterocycles. The van der Waals surface area contributed by atoms with Gasteiger partial charge in [-0.25, -0.2) is 19.4 Å². The number of carbonyl (C=O) groups excluding carboxylic acids is 2. The number of nitrogens with zero attached hydrogens (tertiary/aromatic N) is 2. The molecule has 1 saturated heterocycles. The van der Waals surface area contributed by atoms with Gasteiger partial charge in [0, 0.05) is 13.1 Å². The summed E-state index contributed by atoms with van der Waals surface area (Å²) in [6.07, 6.45) is 9.31. The Morgan fingerprint density at radius 2 is 1.16 bits per heavy atom. The van der Waals surface area contributed by atoms with Crippen molar-refractivity contribution in [2.75, 3.05) is 13.1 Å². The van der Waals surface area contributed by atoms with Crippen LogP contribution in [0.2, 0.25) is 0 Å². The van der Waals surface area contributed by atoms with Gasteiger partial charge in [0.25, 0.3) is 0 Å². The zero-order valence-electron chi connectivity index (χ0n) is 22.5. The molecule has 1 aliphatic heterocycles. The molecule has 3 aliphatic rings. The van der Waals surface area contributed by atoms with Crippen LogP contribution in [0.5, 0.6) is 0 Å². The third-order valence-corrected chi connectivity index (χ3v) is 8.44. The Bertz CT molecular complexity index is 711. The summed E-state index contributed by atoms with van der Waals surface area (Å²) in [5.41, 5.74) is 0.581. The van der Waals surface area contributed by atoms with Crippen molar-refractivity contribution in [2.24, 2.45) is 39.4 Å². The Hall–Kier alpha value is -1.06. The van der Waals surface area contributed by atoms with E-state index in [0.717, 1.165) is 25.7 Å². The van der Waals surface area contributed by atoms with Crippen LogP contribution in [0.3, 0.4) is 0 Å². The van der Waals surface area contributed by atoms with Gasteiger partial charge in [-0.1, -0.05) is 68.7 Å². The minimum Gasteiger partial charge on any atom is -0.247 e. The molecule has 3 rings (SSSR count). The highest BCUT2D eigenvalue weighted by atomic mass is 16.2. The molecular weight excluding hydrogens is 396 g/mol. The topological polar surface area (TPSA) is 40.6 Å². The van der Waals surface area contributed by atoms with Crippen LogP contribution in [0.15, 0.2) is 0 Å². The van der Waals surface area contributed by atoms with E-state index in [1.807, 2.05) is 0 Å². The number of carbonyl (C=O) groups is 2. The first-order valence-electron chi connectivity index (χ1n) is 13.2. The molecule has 2 aliphatic carbocycles. The van der Waals surface area contributed by atoms with Gasteiger partial charge in [0.2, 0.25) is 0 Å². The van der Waals surface area contributed by atoms with E-state index in [1.165, 1.54) is 25.7 Å². The van der Waals surface area contributed by atoms with E-state index < -0.39 is 0 Å². The fourth-order valence-corrected chi connectivity index (χ4v) is 8.51. The second-order valence-corrected chi connectivity index (χ2v) is 14.6. The maximum Gasteiger partial charge on any atom is 0.336 e. The molecule has 0 aromatic carbocycles. The standard InChI is InChI=1S/C28H50N2O2/c1-10-21-12-25(4,5)16-27(8,14-21)18-29-23(31)30(24(29)32)19-28(9)15-22(11-20(2)3)13-26(6,7)17-28/h20-22H,10-19H2,1-9H3. The first-order chi connectivity index (χ1) is 14.6. The average molecular weight is 447 g/mol. The number of amides is 4. The smallest absolute Gasteiger partial charge is 0.247 e. The van der Waals surface area contributed by atoms with Crippen LogP contribution < -0.4 is 0 Å². The molecule has 3 fully saturated rings. The number of hydrogen-bond donors (Lipinski definition) is 0. The number of urea groups is 2. The SMILES string of the molecule is CCC1CC(C)(C)CC(C)(CN2C(=O)N(CC3(C)CC(CC(C)C)CC(C)(C)C3)C2=O)C1. The van der Waals surface area contributed by atoms with Gasteiger partial charge in [-0.15, -0.1) is 0 Å². The van der Waals surface area contributed by atoms with Gasteiger partial charge in [-0.2, -0.15) is 0 Å². The molecule has 0 aromatic heterocycles. The molecule has 0 bridgehead atoms. The molecule has 4 nitrogen and oxygen atoms in total. The van der Waals surface area contributed by atoms with Crippen molar-refractivity contribution in [3.8, 4) is 0 Å². The van der Waals surface area contributed by atoms with Gasteiger partial charge in [-0.05, 0) is 84.4 Å². The maximum atomic E-state index is 13.2. The van der Waals surface area contributed by atoms with Crippen molar-refractivity contribution in [3.05, 3.63) is 0 Å². The normalized spacial score (nSPS) is 37.1. The lowest BCUT2D eigenvalue weighted by molar-refractivity contribution is -0.00217. The van der Waals surface area contributed by atoms with Gasteiger partial charge in [-0.3, -0.25) is 0 Å². The van der Waals surface area contributed by atoms with Gasteiger partial charge in [0.1, 0.15) is 0 Å². The van der Waals surface area contributed by atoms with E-state index >= 15 is 0 Å². The van der Waals surface area contributed by atoms with Crippen LogP contribution in [0.4, 0.5) is 9.59 Å². The fraction of sp³-hybridized carbons (Fsp3) is 0.929. The van der Waals surface area contributed by atoms with Crippen LogP contribution in [0.1, 0.15) is 114 Å². The van der Waals surface area contributed by atoms with E-state index in [4.69, 9.17) is 0 Å². The first kappa shape index (κ1) is 25.6. The summed E-state index contributed by atoms with van der Waals surface area (Å²) in [6, 6.07) is -0.115. The largest absolute Gasteiger partial charge is 0.336 e. The molecule has 4 unspecified atom stereocenters. The summed E-state index contributed by atoms with van der Waals surface area (Å²) < 4.78 is 0. The number of hydrogen-bond acceptors (Lipinski definition) is 2. The third kappa shape index (κ3) is 5.70. The predicted octanol–water partition coefficient (Wildman–Crippen LogP) is 7.97. The summed E-state index contributed by atoms with van der Waals surface area (Å²) in [7, 11) is 0. The van der Waals surface area contributed by atoms with Crippen molar-refractivity contribution in [3.63, 3.8) is 0 Å². The second kappa shape index (κ2) is 8.62. The summed E-state index contributed by atoms with van der Waals surface area (Å²) >= 11 is 0. The van der Waals surface area contributed by atoms with Crippen LogP contribution in [-0.2, 0) is 0 Å². The Kier molecular flexibility index (Phi) is 6.88. The van der Waals surface area contributed by atoms with E-state index in [-0.39, 0.29) is 33.7 Å². The minimum atomic E-state index is -0.0577. The Labute approximate surface area is 197 Å². The lowest BCUT2D eigenvalue weighted by Gasteiger charge is -2.53. The molecule has 4 atom stereocenters. The van der Waals surface area contributed by atoms with Crippen molar-refractivity contribution >= 4 is 12.1 Å². The zero-order valence-corrected chi connectivity index (χ0v) is 22.5. The quantitative estimate of drug-likeness (QED) is 0.398. The third-order valence-electron chi connectivity index (χ3n) is 8.44. The summed E-state index contributed by atoms with van der Waals surface area (Å²) in [5.74, 6) is 2.06. The highest BCUT2D eigenvalue weighted by molar-refractivity contribution is 6.11. The van der Waals surface area contributed by atoms with Gasteiger partial charge in [0.05, 0.1) is 0 Å². The van der Waals surface area contributed by atoms with E-state index in [9.17, 15) is 9.59 Å². The van der Waals surface area contributed by atoms with Crippen molar-refractivity contribution < 1.29 is 9.59 Å². The molecule has 184 valence electrons. The molecular formula is C28H50N2O2. The summed E-state index contributed by atoms with van der Waals surface area (Å²) in [4.78, 5) is 29.4. The lowest BCUT2D eigenvalue weighted by atomic mass is 9.59. The fourth-order valence-electron chi connectivity index (χ4n) is 8.51. The molecule has 0 N–H and O–H groups in total. The second-order valence-electron chi connectivity index (χ2n) is 14.6. The highest BCUT2D eigenvalue weighted by Gasteiger charge is 2.52. The summed E-state index contributed by atoms with van der Waals surface area (Å²) in [6.45, 7) is 22.1. The van der Waals surface area contributed by atoms with Gasteiger partial charge >= 0.3 is 12.1 Å². The number of rotatable bonds is 7. The highest BCUT2D eigenvalue weighted by Crippen LogP contribution is 2.52. The zero-order chi connectivity index (χ0) is 24.1. The average Bonchev–Trinajstić information content (AvgIpc) is 2.60. The number of imide groups is 2. The van der Waals surface area contributed by atoms with Crippen molar-refractivity contribution in [2.45, 2.75) is 114 Å². The van der Waals surface area contributed by atoms with Gasteiger partial charge < -0.3 is 0 Å². The Balaban J connectivity index is 1.66. The predicted molar refractivity (Wildman–Crippen MR) is 132 cm³/mol. The molecule has 4 heteroatoms. The monoisotopic (exact) mass is 446 g/mol. The Morgan fingerprint density at radius 1 is 0.750 bits per heavy atom. The minimum absolute atomic E-state index is 0.0166. The molecule has 0 radical (unpaired) electrons. The van der Waals surface area contributed by atoms with Crippen LogP contribution >= 0.6 is 0 Å². The van der Waals surface area contributed by atoms with Crippen LogP contribution in [-0.4, -0.2) is 35.0 Å². The molecule has 4 amide bonds. The Morgan fingerprint density at radius 3 is 1.56 bits per heavy atom. The van der Waals surface area contributed by atoms with Crippen LogP contribution in [0.25, 0.3) is 0 Å². The molecule has 0 spiro atoms. The lowest BCUT2D eigenvalue weighted by Crippen LogP contribution is -2.68. The van der Waals surface area contributed by atoms with E-state index in [2.05, 4.69) is 62.3 Å². The van der Waals surface area contributed by atoms with Crippen LogP contribution in [0, 0.1) is 39.4 Å². The summed E-state index contributed by atoms with van der Waals surface area (Å²) in [5, 5.41) is 0. The molecule has 32 heavy (non-hydrogen) atoms. The molecule has 0 aromatic rings. The van der Waals surface area contributed by atoms with Crippen molar-refractivity contribution in [1.82, 2.24) is 9.80 Å². The van der Waals surface area contributed by atoms with Crippen molar-refractivity contribution in [1.29, 1.82) is 0 Å². The maximum absolute atomic E-state index is 13.2. The van der Waals surface area contributed by atoms with Gasteiger partial charge in [0.15, 0.2) is 0 Å². The molecule has 2 saturated carbocycles. The first-order valence-corrected chi connectivity index (χ1v) is 13.2. The van der Waals surface area contributed by atoms with E-state index in [1.54, 1.807) is 9.80 Å².